The third-order valence-corrected chi connectivity index (χ3v) is 3.27. The lowest BCUT2D eigenvalue weighted by atomic mass is 9.81. The Hall–Kier alpha value is -1.35. The van der Waals surface area contributed by atoms with Gasteiger partial charge in [0.15, 0.2) is 5.78 Å². The summed E-state index contributed by atoms with van der Waals surface area (Å²) in [4.78, 5) is 11.5. The molecule has 3 nitrogen and oxygen atoms in total. The molecule has 1 aliphatic rings. The van der Waals surface area contributed by atoms with Crippen LogP contribution in [0.4, 0.5) is 0 Å². The van der Waals surface area contributed by atoms with Crippen LogP contribution in [0.2, 0.25) is 0 Å². The van der Waals surface area contributed by atoms with Crippen LogP contribution in [0.5, 0.6) is 5.75 Å². The van der Waals surface area contributed by atoms with Crippen LogP contribution in [0.3, 0.4) is 0 Å². The van der Waals surface area contributed by atoms with E-state index in [2.05, 4.69) is 0 Å². The van der Waals surface area contributed by atoms with Gasteiger partial charge in [0.25, 0.3) is 0 Å². The monoisotopic (exact) mass is 234 g/mol. The second-order valence-corrected chi connectivity index (χ2v) is 4.67. The lowest BCUT2D eigenvalue weighted by molar-refractivity contribution is -0.0663. The summed E-state index contributed by atoms with van der Waals surface area (Å²) in [7, 11) is 0. The molecule has 1 saturated carbocycles. The molecule has 0 amide bonds. The Labute approximate surface area is 101 Å². The first kappa shape index (κ1) is 12.1. The molecule has 1 aliphatic carbocycles. The lowest BCUT2D eigenvalue weighted by Crippen LogP contribution is -2.42. The zero-order chi connectivity index (χ0) is 12.3. The van der Waals surface area contributed by atoms with Crippen LogP contribution in [-0.2, 0) is 0 Å². The highest BCUT2D eigenvalue weighted by molar-refractivity contribution is 5.96. The highest BCUT2D eigenvalue weighted by Crippen LogP contribution is 2.32. The Bertz CT molecular complexity index is 408. The number of hydrogen-bond acceptors (Lipinski definition) is 3. The summed E-state index contributed by atoms with van der Waals surface area (Å²) in [5, 5.41) is 9.90. The number of carbonyl (C=O) groups excluding carboxylic acids is 1. The molecule has 0 saturated heterocycles. The normalized spacial score (nSPS) is 17.3. The van der Waals surface area contributed by atoms with E-state index in [9.17, 15) is 9.90 Å². The van der Waals surface area contributed by atoms with Gasteiger partial charge in [-0.2, -0.15) is 0 Å². The van der Waals surface area contributed by atoms with Gasteiger partial charge in [0.1, 0.15) is 12.4 Å². The van der Waals surface area contributed by atoms with Crippen molar-refractivity contribution in [3.8, 4) is 5.75 Å². The molecule has 0 radical (unpaired) electrons. The van der Waals surface area contributed by atoms with Gasteiger partial charge in [-0.1, -0.05) is 19.1 Å². The topological polar surface area (TPSA) is 46.5 Å². The molecule has 0 unspecified atom stereocenters. The fourth-order valence-corrected chi connectivity index (χ4v) is 1.91. The summed E-state index contributed by atoms with van der Waals surface area (Å²) in [6.45, 7) is 2.16. The Morgan fingerprint density at radius 2 is 2.24 bits per heavy atom. The van der Waals surface area contributed by atoms with Crippen molar-refractivity contribution in [2.24, 2.45) is 0 Å². The number of ether oxygens (including phenoxy) is 1. The van der Waals surface area contributed by atoms with Crippen molar-refractivity contribution in [1.82, 2.24) is 0 Å². The number of Topliss-reactive ketones (excluding diaryl/α,β-unsaturated/α-hetero) is 1. The predicted molar refractivity (Wildman–Crippen MR) is 65.4 cm³/mol. The second-order valence-electron chi connectivity index (χ2n) is 4.67. The maximum Gasteiger partial charge on any atom is 0.162 e. The second kappa shape index (κ2) is 4.88. The highest BCUT2D eigenvalue weighted by Gasteiger charge is 2.35. The van der Waals surface area contributed by atoms with Crippen LogP contribution in [0, 0.1) is 0 Å². The first-order valence-electron chi connectivity index (χ1n) is 6.11. The van der Waals surface area contributed by atoms with E-state index in [1.807, 2.05) is 19.1 Å². The summed E-state index contributed by atoms with van der Waals surface area (Å²) in [6, 6.07) is 7.15. The third-order valence-electron chi connectivity index (χ3n) is 3.27. The smallest absolute Gasteiger partial charge is 0.162 e. The van der Waals surface area contributed by atoms with Gasteiger partial charge in [0.05, 0.1) is 5.60 Å². The number of hydrogen-bond donors (Lipinski definition) is 1. The molecule has 92 valence electrons. The van der Waals surface area contributed by atoms with Crippen molar-refractivity contribution in [2.45, 2.75) is 38.2 Å². The van der Waals surface area contributed by atoms with Crippen molar-refractivity contribution >= 4 is 5.78 Å². The van der Waals surface area contributed by atoms with E-state index in [4.69, 9.17) is 4.74 Å². The van der Waals surface area contributed by atoms with Gasteiger partial charge in [-0.25, -0.2) is 0 Å². The van der Waals surface area contributed by atoms with Crippen molar-refractivity contribution in [1.29, 1.82) is 0 Å². The fraction of sp³-hybridized carbons (Fsp3) is 0.500. The quantitative estimate of drug-likeness (QED) is 0.796. The fourth-order valence-electron chi connectivity index (χ4n) is 1.91. The Kier molecular flexibility index (Phi) is 3.48. The van der Waals surface area contributed by atoms with Crippen LogP contribution in [0.15, 0.2) is 24.3 Å². The van der Waals surface area contributed by atoms with Gasteiger partial charge < -0.3 is 9.84 Å². The minimum absolute atomic E-state index is 0.109. The van der Waals surface area contributed by atoms with Gasteiger partial charge in [0, 0.05) is 12.0 Å². The molecular formula is C14H18O3. The van der Waals surface area contributed by atoms with Crippen LogP contribution in [0.25, 0.3) is 0 Å². The number of ketones is 1. The number of aliphatic hydroxyl groups is 1. The van der Waals surface area contributed by atoms with Crippen molar-refractivity contribution < 1.29 is 14.6 Å². The molecule has 1 N–H and O–H groups in total. The largest absolute Gasteiger partial charge is 0.491 e. The zero-order valence-corrected chi connectivity index (χ0v) is 10.1. The number of carbonyl (C=O) groups is 1. The first-order chi connectivity index (χ1) is 8.13. The van der Waals surface area contributed by atoms with Gasteiger partial charge in [-0.15, -0.1) is 0 Å². The molecule has 0 atom stereocenters. The van der Waals surface area contributed by atoms with Crippen LogP contribution >= 0.6 is 0 Å². The van der Waals surface area contributed by atoms with Gasteiger partial charge in [-0.05, 0) is 31.4 Å². The maximum atomic E-state index is 11.5. The molecule has 17 heavy (non-hydrogen) atoms. The summed E-state index contributed by atoms with van der Waals surface area (Å²) in [5.74, 6) is 0.766. The molecule has 1 aromatic rings. The minimum Gasteiger partial charge on any atom is -0.491 e. The van der Waals surface area contributed by atoms with Crippen molar-refractivity contribution in [3.63, 3.8) is 0 Å². The summed E-state index contributed by atoms with van der Waals surface area (Å²) >= 11 is 0. The summed E-state index contributed by atoms with van der Waals surface area (Å²) in [6.07, 6.45) is 3.17. The van der Waals surface area contributed by atoms with Gasteiger partial charge in [0.2, 0.25) is 0 Å². The molecule has 1 aromatic carbocycles. The van der Waals surface area contributed by atoms with E-state index in [1.54, 1.807) is 12.1 Å². The standard InChI is InChI=1S/C14H18O3/c1-2-13(15)11-5-3-6-12(9-11)17-10-14(16)7-4-8-14/h3,5-6,9,16H,2,4,7-8,10H2,1H3. The average Bonchev–Trinajstić information content (AvgIpc) is 2.33. The zero-order valence-electron chi connectivity index (χ0n) is 10.1. The minimum atomic E-state index is -0.648. The molecule has 3 heteroatoms. The average molecular weight is 234 g/mol. The summed E-state index contributed by atoms with van der Waals surface area (Å²) in [5.41, 5.74) is 0.0238. The third kappa shape index (κ3) is 2.86. The molecule has 0 spiro atoms. The van der Waals surface area contributed by atoms with Gasteiger partial charge >= 0.3 is 0 Å². The summed E-state index contributed by atoms with van der Waals surface area (Å²) < 4.78 is 5.55. The van der Waals surface area contributed by atoms with E-state index < -0.39 is 5.60 Å². The predicted octanol–water partition coefficient (Wildman–Crippen LogP) is 2.57. The molecule has 0 heterocycles. The van der Waals surface area contributed by atoms with E-state index in [1.165, 1.54) is 0 Å². The van der Waals surface area contributed by atoms with Crippen LogP contribution in [0.1, 0.15) is 43.0 Å². The highest BCUT2D eigenvalue weighted by atomic mass is 16.5. The lowest BCUT2D eigenvalue weighted by Gasteiger charge is -2.36. The Morgan fingerprint density at radius 3 is 2.82 bits per heavy atom. The van der Waals surface area contributed by atoms with Crippen LogP contribution < -0.4 is 4.74 Å². The molecule has 1 fully saturated rings. The molecule has 0 aliphatic heterocycles. The Morgan fingerprint density at radius 1 is 1.47 bits per heavy atom. The van der Waals surface area contributed by atoms with Crippen molar-refractivity contribution in [2.75, 3.05) is 6.61 Å². The van der Waals surface area contributed by atoms with Crippen LogP contribution in [-0.4, -0.2) is 23.1 Å². The number of benzene rings is 1. The van der Waals surface area contributed by atoms with Gasteiger partial charge in [-0.3, -0.25) is 4.79 Å². The molecule has 0 aromatic heterocycles. The van der Waals surface area contributed by atoms with E-state index in [0.717, 1.165) is 19.3 Å². The number of rotatable bonds is 5. The van der Waals surface area contributed by atoms with E-state index in [0.29, 0.717) is 24.3 Å². The first-order valence-corrected chi connectivity index (χ1v) is 6.11. The molecular weight excluding hydrogens is 216 g/mol. The maximum absolute atomic E-state index is 11.5. The molecule has 0 bridgehead atoms. The SMILES string of the molecule is CCC(=O)c1cccc(OCC2(O)CCC2)c1. The van der Waals surface area contributed by atoms with E-state index >= 15 is 0 Å². The van der Waals surface area contributed by atoms with E-state index in [-0.39, 0.29) is 5.78 Å². The molecule has 2 rings (SSSR count). The van der Waals surface area contributed by atoms with Crippen molar-refractivity contribution in [3.05, 3.63) is 29.8 Å². The Balaban J connectivity index is 1.98.